The Balaban J connectivity index is 0.000000983. The second-order valence-electron chi connectivity index (χ2n) is 14.8. The molecule has 7 unspecified atom stereocenters. The molecule has 8 atom stereocenters. The SMILES string of the molecule is C=CC.COC(=O)c1ccc(C2=CCC3(C)C(CCC4(C)C5CCC6(N)CCC[C@@H]6C5CCC43)C2(C)C)cc1. The predicted octanol–water partition coefficient (Wildman–Crippen LogP) is 8.84. The van der Waals surface area contributed by atoms with Gasteiger partial charge in [0.25, 0.3) is 0 Å². The van der Waals surface area contributed by atoms with Crippen molar-refractivity contribution >= 4 is 11.5 Å². The third kappa shape index (κ3) is 4.37. The van der Waals surface area contributed by atoms with E-state index in [0.29, 0.717) is 22.3 Å². The molecule has 0 radical (unpaired) electrons. The third-order valence-corrected chi connectivity index (χ3v) is 12.8. The van der Waals surface area contributed by atoms with Gasteiger partial charge in [-0.15, -0.1) is 6.58 Å². The van der Waals surface area contributed by atoms with Gasteiger partial charge in [0.2, 0.25) is 0 Å². The van der Waals surface area contributed by atoms with Gasteiger partial charge in [-0.3, -0.25) is 0 Å². The van der Waals surface area contributed by atoms with Crippen LogP contribution in [0.15, 0.2) is 43.0 Å². The van der Waals surface area contributed by atoms with E-state index in [0.717, 1.165) is 23.7 Å². The number of carbonyl (C=O) groups excluding carboxylic acids is 1. The van der Waals surface area contributed by atoms with Crippen molar-refractivity contribution in [3.8, 4) is 0 Å². The summed E-state index contributed by atoms with van der Waals surface area (Å²) in [5, 5.41) is 0. The van der Waals surface area contributed by atoms with E-state index in [1.54, 1.807) is 6.08 Å². The minimum atomic E-state index is -0.264. The molecule has 4 saturated carbocycles. The van der Waals surface area contributed by atoms with Crippen LogP contribution >= 0.6 is 0 Å². The van der Waals surface area contributed by atoms with E-state index in [2.05, 4.69) is 52.5 Å². The van der Waals surface area contributed by atoms with Crippen LogP contribution in [0.1, 0.15) is 115 Å². The predicted molar refractivity (Wildman–Crippen MR) is 162 cm³/mol. The standard InChI is InChI=1S/C33H47NO2.C3H6/c1-30(2)24(21-8-10-22(11-9-21)29(35)36-5)14-18-32(4)27(30)16-19-31(3)25-15-20-33(34)17-6-7-26(33)23(25)12-13-28(31)32;1-3-2/h8-11,14,23,25-28H,6-7,12-13,15-20,34H2,1-5H3;3H,1H2,2H3/t23?,25?,26-,27?,28?,31?,32?,33?;/m1./s1. The van der Waals surface area contributed by atoms with Crippen LogP contribution in [0.4, 0.5) is 0 Å². The highest BCUT2D eigenvalue weighted by molar-refractivity contribution is 5.89. The molecule has 0 aromatic heterocycles. The average molecular weight is 532 g/mol. The van der Waals surface area contributed by atoms with Crippen molar-refractivity contribution < 1.29 is 9.53 Å². The van der Waals surface area contributed by atoms with E-state index < -0.39 is 0 Å². The molecule has 0 amide bonds. The van der Waals surface area contributed by atoms with E-state index in [1.165, 1.54) is 82.5 Å². The lowest BCUT2D eigenvalue weighted by atomic mass is 9.37. The van der Waals surface area contributed by atoms with Gasteiger partial charge in [0, 0.05) is 5.54 Å². The van der Waals surface area contributed by atoms with Crippen molar-refractivity contribution in [2.24, 2.45) is 51.6 Å². The zero-order chi connectivity index (χ0) is 28.2. The maximum Gasteiger partial charge on any atom is 0.337 e. The van der Waals surface area contributed by atoms with Crippen LogP contribution in [0.25, 0.3) is 5.57 Å². The molecule has 3 heteroatoms. The van der Waals surface area contributed by atoms with E-state index >= 15 is 0 Å². The van der Waals surface area contributed by atoms with Crippen LogP contribution in [0.3, 0.4) is 0 Å². The van der Waals surface area contributed by atoms with E-state index in [1.807, 2.05) is 19.1 Å². The van der Waals surface area contributed by atoms with Gasteiger partial charge >= 0.3 is 5.97 Å². The zero-order valence-electron chi connectivity index (χ0n) is 25.5. The Morgan fingerprint density at radius 3 is 2.28 bits per heavy atom. The number of methoxy groups -OCH3 is 1. The molecule has 0 spiro atoms. The molecule has 1 aromatic carbocycles. The summed E-state index contributed by atoms with van der Waals surface area (Å²) in [7, 11) is 1.45. The Kier molecular flexibility index (Phi) is 7.49. The molecule has 1 aromatic rings. The van der Waals surface area contributed by atoms with Crippen LogP contribution in [0, 0.1) is 45.8 Å². The Hall–Kier alpha value is -1.87. The third-order valence-electron chi connectivity index (χ3n) is 12.8. The molecule has 5 aliphatic rings. The fraction of sp³-hybridized carbons (Fsp3) is 0.694. The summed E-state index contributed by atoms with van der Waals surface area (Å²) in [4.78, 5) is 12.0. The molecule has 6 rings (SSSR count). The molecule has 39 heavy (non-hydrogen) atoms. The second kappa shape index (κ2) is 10.2. The summed E-state index contributed by atoms with van der Waals surface area (Å²) in [6, 6.07) is 8.11. The van der Waals surface area contributed by atoms with Gasteiger partial charge in [0.05, 0.1) is 12.7 Å². The lowest BCUT2D eigenvalue weighted by Gasteiger charge is -2.68. The first-order valence-electron chi connectivity index (χ1n) is 15.7. The maximum atomic E-state index is 12.0. The van der Waals surface area contributed by atoms with Crippen LogP contribution in [0.2, 0.25) is 0 Å². The van der Waals surface area contributed by atoms with Crippen LogP contribution in [-0.4, -0.2) is 18.6 Å². The molecule has 214 valence electrons. The number of rotatable bonds is 2. The van der Waals surface area contributed by atoms with Gasteiger partial charge in [-0.1, -0.05) is 58.4 Å². The van der Waals surface area contributed by atoms with E-state index in [4.69, 9.17) is 10.5 Å². The highest BCUT2D eigenvalue weighted by Gasteiger charge is 2.65. The lowest BCUT2D eigenvalue weighted by Crippen LogP contribution is -2.62. The molecule has 0 aliphatic heterocycles. The number of nitrogens with two attached hydrogens (primary N) is 1. The molecule has 3 nitrogen and oxygen atoms in total. The van der Waals surface area contributed by atoms with Crippen LogP contribution < -0.4 is 5.73 Å². The molecule has 0 bridgehead atoms. The zero-order valence-corrected chi connectivity index (χ0v) is 25.5. The summed E-state index contributed by atoms with van der Waals surface area (Å²) >= 11 is 0. The average Bonchev–Trinajstić information content (AvgIpc) is 3.30. The fourth-order valence-corrected chi connectivity index (χ4v) is 11.3. The smallest absolute Gasteiger partial charge is 0.337 e. The highest BCUT2D eigenvalue weighted by atomic mass is 16.5. The number of allylic oxidation sites excluding steroid dienone is 3. The Morgan fingerprint density at radius 1 is 0.923 bits per heavy atom. The molecular weight excluding hydrogens is 478 g/mol. The summed E-state index contributed by atoms with van der Waals surface area (Å²) in [6.45, 7) is 15.6. The van der Waals surface area contributed by atoms with Gasteiger partial charge in [-0.25, -0.2) is 4.79 Å². The Labute approximate surface area is 238 Å². The van der Waals surface area contributed by atoms with Gasteiger partial charge in [0.1, 0.15) is 0 Å². The van der Waals surface area contributed by atoms with Crippen molar-refractivity contribution in [1.29, 1.82) is 0 Å². The largest absolute Gasteiger partial charge is 0.465 e. The number of hydrogen-bond donors (Lipinski definition) is 1. The lowest BCUT2D eigenvalue weighted by molar-refractivity contribution is -0.170. The summed E-state index contributed by atoms with van der Waals surface area (Å²) in [6.07, 6.45) is 17.6. The summed E-state index contributed by atoms with van der Waals surface area (Å²) < 4.78 is 4.91. The van der Waals surface area contributed by atoms with Crippen molar-refractivity contribution in [3.63, 3.8) is 0 Å². The van der Waals surface area contributed by atoms with Crippen molar-refractivity contribution in [3.05, 3.63) is 54.1 Å². The van der Waals surface area contributed by atoms with Gasteiger partial charge in [0.15, 0.2) is 0 Å². The van der Waals surface area contributed by atoms with Crippen LogP contribution in [0.5, 0.6) is 0 Å². The first kappa shape index (κ1) is 28.7. The topological polar surface area (TPSA) is 52.3 Å². The molecule has 0 heterocycles. The maximum absolute atomic E-state index is 12.0. The van der Waals surface area contributed by atoms with Crippen molar-refractivity contribution in [1.82, 2.24) is 0 Å². The van der Waals surface area contributed by atoms with Crippen molar-refractivity contribution in [2.45, 2.75) is 104 Å². The molecule has 4 fully saturated rings. The van der Waals surface area contributed by atoms with Gasteiger partial charge < -0.3 is 10.5 Å². The van der Waals surface area contributed by atoms with Gasteiger partial charge in [-0.05, 0) is 134 Å². The molecular formula is C36H53NO2. The molecule has 2 N–H and O–H groups in total. The minimum absolute atomic E-state index is 0.113. The van der Waals surface area contributed by atoms with Crippen LogP contribution in [-0.2, 0) is 4.74 Å². The summed E-state index contributed by atoms with van der Waals surface area (Å²) in [5.74, 6) is 3.73. The number of carbonyl (C=O) groups is 1. The molecule has 5 aliphatic carbocycles. The summed E-state index contributed by atoms with van der Waals surface area (Å²) in [5.41, 5.74) is 11.5. The monoisotopic (exact) mass is 531 g/mol. The number of hydrogen-bond acceptors (Lipinski definition) is 3. The number of ether oxygens (including phenoxy) is 1. The first-order chi connectivity index (χ1) is 18.5. The second-order valence-corrected chi connectivity index (χ2v) is 14.8. The number of benzene rings is 1. The number of fused-ring (bicyclic) bond motifs is 7. The first-order valence-corrected chi connectivity index (χ1v) is 15.7. The van der Waals surface area contributed by atoms with Crippen molar-refractivity contribution in [2.75, 3.05) is 7.11 Å². The molecule has 0 saturated heterocycles. The Bertz CT molecular complexity index is 1120. The minimum Gasteiger partial charge on any atom is -0.465 e. The quantitative estimate of drug-likeness (QED) is 0.306. The Morgan fingerprint density at radius 2 is 1.62 bits per heavy atom. The number of esters is 1. The fourth-order valence-electron chi connectivity index (χ4n) is 11.3. The van der Waals surface area contributed by atoms with E-state index in [-0.39, 0.29) is 16.9 Å². The van der Waals surface area contributed by atoms with E-state index in [9.17, 15) is 4.79 Å². The highest BCUT2D eigenvalue weighted by Crippen LogP contribution is 2.72. The van der Waals surface area contributed by atoms with Gasteiger partial charge in [-0.2, -0.15) is 0 Å². The normalized spacial score (nSPS) is 41.8.